The van der Waals surface area contributed by atoms with Gasteiger partial charge in [-0.3, -0.25) is 4.79 Å². The molecule has 3 rings (SSSR count). The molecule has 30 heavy (non-hydrogen) atoms. The highest BCUT2D eigenvalue weighted by molar-refractivity contribution is 7.89. The second-order valence-corrected chi connectivity index (χ2v) is 9.25. The molecule has 0 radical (unpaired) electrons. The van der Waals surface area contributed by atoms with Crippen LogP contribution in [0.2, 0.25) is 0 Å². The summed E-state index contributed by atoms with van der Waals surface area (Å²) in [5, 5.41) is 5.60. The first-order valence-electron chi connectivity index (χ1n) is 9.86. The standard InChI is InChI=1S/C21H25F2N3O3S/c1-15(16-8-9-19(22)20(23)12-16)24-14-21(27)25-17-6-5-7-18(13-17)30(28,29)26-10-3-2-4-11-26/h5-9,12-13,15,24H,2-4,10-11,14H2,1H3,(H,25,27)/t15-/m0/s1. The molecule has 1 aliphatic heterocycles. The third kappa shape index (κ3) is 5.41. The topological polar surface area (TPSA) is 78.5 Å². The SMILES string of the molecule is C[C@H](NCC(=O)Nc1cccc(S(=O)(=O)N2CCCCC2)c1)c1ccc(F)c(F)c1. The van der Waals surface area contributed by atoms with E-state index in [4.69, 9.17) is 0 Å². The zero-order valence-corrected chi connectivity index (χ0v) is 17.5. The number of rotatable bonds is 7. The Morgan fingerprint density at radius 3 is 2.50 bits per heavy atom. The molecule has 0 aliphatic carbocycles. The molecule has 0 bridgehead atoms. The largest absolute Gasteiger partial charge is 0.325 e. The number of halogens is 2. The Morgan fingerprint density at radius 1 is 1.07 bits per heavy atom. The van der Waals surface area contributed by atoms with E-state index >= 15 is 0 Å². The second kappa shape index (κ2) is 9.63. The van der Waals surface area contributed by atoms with Crippen LogP contribution in [0.4, 0.5) is 14.5 Å². The molecule has 162 valence electrons. The molecular formula is C21H25F2N3O3S. The van der Waals surface area contributed by atoms with Crippen LogP contribution < -0.4 is 10.6 Å². The highest BCUT2D eigenvalue weighted by Crippen LogP contribution is 2.23. The molecule has 1 heterocycles. The fourth-order valence-electron chi connectivity index (χ4n) is 3.34. The zero-order valence-electron chi connectivity index (χ0n) is 16.7. The Kier molecular flexibility index (Phi) is 7.17. The van der Waals surface area contributed by atoms with Gasteiger partial charge in [0.05, 0.1) is 11.4 Å². The Hall–Kier alpha value is -2.36. The van der Waals surface area contributed by atoms with E-state index in [1.807, 2.05) is 0 Å². The number of nitrogens with zero attached hydrogens (tertiary/aromatic N) is 1. The van der Waals surface area contributed by atoms with E-state index in [1.54, 1.807) is 19.1 Å². The fraction of sp³-hybridized carbons (Fsp3) is 0.381. The molecule has 0 saturated carbocycles. The number of anilines is 1. The number of piperidine rings is 1. The van der Waals surface area contributed by atoms with Gasteiger partial charge in [-0.2, -0.15) is 4.31 Å². The van der Waals surface area contributed by atoms with Crippen molar-refractivity contribution in [2.75, 3.05) is 25.0 Å². The minimum Gasteiger partial charge on any atom is -0.325 e. The van der Waals surface area contributed by atoms with Crippen molar-refractivity contribution >= 4 is 21.6 Å². The van der Waals surface area contributed by atoms with Crippen LogP contribution in [0.25, 0.3) is 0 Å². The molecule has 0 aromatic heterocycles. The van der Waals surface area contributed by atoms with Crippen LogP contribution in [0.5, 0.6) is 0 Å². The average Bonchev–Trinajstić information content (AvgIpc) is 2.75. The van der Waals surface area contributed by atoms with Crippen LogP contribution in [0.15, 0.2) is 47.4 Å². The highest BCUT2D eigenvalue weighted by Gasteiger charge is 2.26. The first-order chi connectivity index (χ1) is 14.3. The monoisotopic (exact) mass is 437 g/mol. The lowest BCUT2D eigenvalue weighted by Gasteiger charge is -2.26. The third-order valence-electron chi connectivity index (χ3n) is 5.08. The van der Waals surface area contributed by atoms with Gasteiger partial charge in [0.15, 0.2) is 11.6 Å². The van der Waals surface area contributed by atoms with Crippen molar-refractivity contribution in [3.63, 3.8) is 0 Å². The Morgan fingerprint density at radius 2 is 1.80 bits per heavy atom. The van der Waals surface area contributed by atoms with Crippen LogP contribution in [0.1, 0.15) is 37.8 Å². The van der Waals surface area contributed by atoms with E-state index in [9.17, 15) is 22.0 Å². The minimum atomic E-state index is -3.59. The minimum absolute atomic E-state index is 0.0801. The molecule has 1 aliphatic rings. The van der Waals surface area contributed by atoms with Crippen molar-refractivity contribution in [2.24, 2.45) is 0 Å². The van der Waals surface area contributed by atoms with Crippen molar-refractivity contribution in [2.45, 2.75) is 37.1 Å². The van der Waals surface area contributed by atoms with Crippen molar-refractivity contribution in [3.05, 3.63) is 59.7 Å². The zero-order chi connectivity index (χ0) is 21.7. The molecule has 0 spiro atoms. The van der Waals surface area contributed by atoms with Gasteiger partial charge >= 0.3 is 0 Å². The number of amides is 1. The molecule has 9 heteroatoms. The molecule has 1 fully saturated rings. The Bertz CT molecular complexity index is 1010. The van der Waals surface area contributed by atoms with Crippen LogP contribution in [0.3, 0.4) is 0 Å². The van der Waals surface area contributed by atoms with Crippen molar-refractivity contribution < 1.29 is 22.0 Å². The fourth-order valence-corrected chi connectivity index (χ4v) is 4.90. The summed E-state index contributed by atoms with van der Waals surface area (Å²) in [7, 11) is -3.59. The van der Waals surface area contributed by atoms with Gasteiger partial charge in [-0.25, -0.2) is 17.2 Å². The van der Waals surface area contributed by atoms with Crippen LogP contribution in [-0.2, 0) is 14.8 Å². The van der Waals surface area contributed by atoms with Crippen LogP contribution in [-0.4, -0.2) is 38.3 Å². The lowest BCUT2D eigenvalue weighted by molar-refractivity contribution is -0.115. The van der Waals surface area contributed by atoms with Gasteiger partial charge in [-0.05, 0) is 55.7 Å². The molecule has 6 nitrogen and oxygen atoms in total. The summed E-state index contributed by atoms with van der Waals surface area (Å²) in [6.45, 7) is 2.66. The number of carbonyl (C=O) groups is 1. The van der Waals surface area contributed by atoms with E-state index in [1.165, 1.54) is 22.5 Å². The Balaban J connectivity index is 1.60. The first kappa shape index (κ1) is 22.3. The number of hydrogen-bond acceptors (Lipinski definition) is 4. The predicted molar refractivity (Wildman–Crippen MR) is 110 cm³/mol. The summed E-state index contributed by atoms with van der Waals surface area (Å²) in [5.41, 5.74) is 0.886. The van der Waals surface area contributed by atoms with Gasteiger partial charge in [-0.1, -0.05) is 18.6 Å². The number of nitrogens with one attached hydrogen (secondary N) is 2. The summed E-state index contributed by atoms with van der Waals surface area (Å²) in [4.78, 5) is 12.4. The van der Waals surface area contributed by atoms with Gasteiger partial charge in [0, 0.05) is 24.8 Å². The average molecular weight is 438 g/mol. The van der Waals surface area contributed by atoms with Gasteiger partial charge in [-0.15, -0.1) is 0 Å². The number of carbonyl (C=O) groups excluding carboxylic acids is 1. The lowest BCUT2D eigenvalue weighted by Crippen LogP contribution is -2.35. The van der Waals surface area contributed by atoms with Gasteiger partial charge in [0.25, 0.3) is 0 Å². The summed E-state index contributed by atoms with van der Waals surface area (Å²) in [6, 6.07) is 9.36. The summed E-state index contributed by atoms with van der Waals surface area (Å²) in [6.07, 6.45) is 2.72. The predicted octanol–water partition coefficient (Wildman–Crippen LogP) is 3.43. The van der Waals surface area contributed by atoms with Crippen molar-refractivity contribution in [1.29, 1.82) is 0 Å². The van der Waals surface area contributed by atoms with E-state index < -0.39 is 21.7 Å². The smallest absolute Gasteiger partial charge is 0.243 e. The molecule has 0 unspecified atom stereocenters. The van der Waals surface area contributed by atoms with Crippen molar-refractivity contribution in [3.8, 4) is 0 Å². The van der Waals surface area contributed by atoms with E-state index in [0.717, 1.165) is 31.4 Å². The third-order valence-corrected chi connectivity index (χ3v) is 6.98. The van der Waals surface area contributed by atoms with Crippen LogP contribution >= 0.6 is 0 Å². The van der Waals surface area contributed by atoms with Gasteiger partial charge in [0.2, 0.25) is 15.9 Å². The lowest BCUT2D eigenvalue weighted by atomic mass is 10.1. The molecular weight excluding hydrogens is 412 g/mol. The second-order valence-electron chi connectivity index (χ2n) is 7.32. The Labute approximate surface area is 175 Å². The summed E-state index contributed by atoms with van der Waals surface area (Å²) in [5.74, 6) is -2.25. The number of hydrogen-bond donors (Lipinski definition) is 2. The van der Waals surface area contributed by atoms with E-state index in [0.29, 0.717) is 24.3 Å². The molecule has 1 atom stereocenters. The normalized spacial score (nSPS) is 16.2. The summed E-state index contributed by atoms with van der Waals surface area (Å²) < 4.78 is 53.5. The molecule has 2 aromatic rings. The number of sulfonamides is 1. The van der Waals surface area contributed by atoms with E-state index in [-0.39, 0.29) is 23.4 Å². The highest BCUT2D eigenvalue weighted by atomic mass is 32.2. The maximum Gasteiger partial charge on any atom is 0.243 e. The van der Waals surface area contributed by atoms with Crippen LogP contribution in [0, 0.1) is 11.6 Å². The van der Waals surface area contributed by atoms with E-state index in [2.05, 4.69) is 10.6 Å². The maximum atomic E-state index is 13.4. The first-order valence-corrected chi connectivity index (χ1v) is 11.3. The molecule has 2 N–H and O–H groups in total. The summed E-state index contributed by atoms with van der Waals surface area (Å²) >= 11 is 0. The maximum absolute atomic E-state index is 13.4. The quantitative estimate of drug-likeness (QED) is 0.696. The van der Waals surface area contributed by atoms with Gasteiger partial charge < -0.3 is 10.6 Å². The molecule has 2 aromatic carbocycles. The van der Waals surface area contributed by atoms with Crippen molar-refractivity contribution in [1.82, 2.24) is 9.62 Å². The molecule has 1 saturated heterocycles. The molecule has 1 amide bonds. The van der Waals surface area contributed by atoms with Gasteiger partial charge in [0.1, 0.15) is 0 Å². The number of benzene rings is 2.